The highest BCUT2D eigenvalue weighted by Crippen LogP contribution is 2.36. The summed E-state index contributed by atoms with van der Waals surface area (Å²) in [5, 5.41) is 10.0. The lowest BCUT2D eigenvalue weighted by Gasteiger charge is -2.36. The molecule has 0 unspecified atom stereocenters. The number of aryl methyl sites for hydroxylation is 2. The van der Waals surface area contributed by atoms with Gasteiger partial charge in [-0.15, -0.1) is 0 Å². The lowest BCUT2D eigenvalue weighted by atomic mass is 9.80. The molecular formula is C18H22F3N7O. The molecule has 2 N–H and O–H groups in total. The van der Waals surface area contributed by atoms with Crippen molar-refractivity contribution in [3.8, 4) is 0 Å². The van der Waals surface area contributed by atoms with Crippen molar-refractivity contribution in [2.75, 3.05) is 29.1 Å². The fourth-order valence-corrected chi connectivity index (χ4v) is 3.86. The van der Waals surface area contributed by atoms with E-state index in [1.54, 1.807) is 25.8 Å². The number of hydrogen-bond donors (Lipinski definition) is 2. The second-order valence-electron chi connectivity index (χ2n) is 7.76. The quantitative estimate of drug-likeness (QED) is 0.807. The molecule has 0 radical (unpaired) electrons. The smallest absolute Gasteiger partial charge is 0.351 e. The molecular weight excluding hydrogens is 387 g/mol. The summed E-state index contributed by atoms with van der Waals surface area (Å²) in [6.07, 6.45) is -2.98. The maximum atomic E-state index is 13.1. The Morgan fingerprint density at radius 3 is 2.69 bits per heavy atom. The van der Waals surface area contributed by atoms with Crippen molar-refractivity contribution in [1.29, 1.82) is 0 Å². The Morgan fingerprint density at radius 2 is 2.00 bits per heavy atom. The number of carbonyl (C=O) groups is 1. The molecule has 0 aromatic carbocycles. The Hall–Kier alpha value is -2.85. The average molecular weight is 409 g/mol. The van der Waals surface area contributed by atoms with Gasteiger partial charge in [-0.1, -0.05) is 0 Å². The van der Waals surface area contributed by atoms with Crippen molar-refractivity contribution in [3.63, 3.8) is 0 Å². The number of nitrogens with zero attached hydrogens (tertiary/aromatic N) is 5. The molecule has 0 saturated heterocycles. The van der Waals surface area contributed by atoms with Crippen LogP contribution in [0.2, 0.25) is 0 Å². The number of likely N-dealkylation sites (N-methyl/N-ethyl adjacent to an activating group) is 1. The summed E-state index contributed by atoms with van der Waals surface area (Å²) < 4.78 is 40.4. The van der Waals surface area contributed by atoms with Crippen LogP contribution in [0.5, 0.6) is 0 Å². The third-order valence-electron chi connectivity index (χ3n) is 5.27. The first kappa shape index (κ1) is 19.5. The van der Waals surface area contributed by atoms with Gasteiger partial charge in [0.05, 0.1) is 17.9 Å². The Kier molecular flexibility index (Phi) is 4.62. The number of hydrogen-bond acceptors (Lipinski definition) is 6. The molecule has 0 spiro atoms. The van der Waals surface area contributed by atoms with Crippen LogP contribution in [0.4, 0.5) is 30.6 Å². The van der Waals surface area contributed by atoms with E-state index in [-0.39, 0.29) is 31.0 Å². The molecule has 29 heavy (non-hydrogen) atoms. The zero-order valence-corrected chi connectivity index (χ0v) is 16.3. The summed E-state index contributed by atoms with van der Waals surface area (Å²) in [5.41, 5.74) is 0.926. The molecule has 2 aromatic heterocycles. The predicted octanol–water partition coefficient (Wildman–Crippen LogP) is 2.59. The number of aromatic nitrogens is 4. The minimum atomic E-state index is -4.40. The number of halogens is 3. The van der Waals surface area contributed by atoms with Gasteiger partial charge in [-0.3, -0.25) is 9.48 Å². The van der Waals surface area contributed by atoms with Crippen molar-refractivity contribution in [1.82, 2.24) is 19.7 Å². The first-order valence-corrected chi connectivity index (χ1v) is 9.38. The molecule has 11 heteroatoms. The highest BCUT2D eigenvalue weighted by molar-refractivity contribution is 6.00. The molecule has 4 rings (SSSR count). The van der Waals surface area contributed by atoms with Crippen LogP contribution in [0.25, 0.3) is 0 Å². The van der Waals surface area contributed by atoms with Crippen LogP contribution < -0.4 is 15.5 Å². The first-order chi connectivity index (χ1) is 13.6. The molecule has 2 aromatic rings. The first-order valence-electron chi connectivity index (χ1n) is 9.38. The van der Waals surface area contributed by atoms with E-state index in [1.807, 2.05) is 0 Å². The lowest BCUT2D eigenvalue weighted by Crippen LogP contribution is -2.40. The van der Waals surface area contributed by atoms with Gasteiger partial charge in [0, 0.05) is 19.6 Å². The van der Waals surface area contributed by atoms with Crippen LogP contribution in [0.3, 0.4) is 0 Å². The monoisotopic (exact) mass is 409 g/mol. The zero-order valence-electron chi connectivity index (χ0n) is 16.3. The second-order valence-corrected chi connectivity index (χ2v) is 7.76. The second kappa shape index (κ2) is 6.89. The minimum Gasteiger partial charge on any atom is -0.351 e. The van der Waals surface area contributed by atoms with E-state index in [0.717, 1.165) is 10.7 Å². The standard InChI is InChI=1S/C18H22F3N7O/c1-9-4-13(18(19,20)21)28(26-9)7-11-5-12(6-11)23-17-22-10(2)15-16(25-17)27(3)8-14(29)24-15/h4,11-12H,5-8H2,1-3H3,(H,24,29)(H,22,23,25). The van der Waals surface area contributed by atoms with Gasteiger partial charge in [0.25, 0.3) is 0 Å². The number of fused-ring (bicyclic) bond motifs is 1. The number of rotatable bonds is 4. The van der Waals surface area contributed by atoms with Crippen LogP contribution in [0.15, 0.2) is 6.07 Å². The molecule has 0 bridgehead atoms. The van der Waals surface area contributed by atoms with Gasteiger partial charge in [0.15, 0.2) is 5.82 Å². The highest BCUT2D eigenvalue weighted by atomic mass is 19.4. The Balaban J connectivity index is 1.39. The molecule has 3 heterocycles. The molecule has 1 fully saturated rings. The van der Waals surface area contributed by atoms with E-state index in [0.29, 0.717) is 41.7 Å². The molecule has 1 amide bonds. The molecule has 156 valence electrons. The van der Waals surface area contributed by atoms with Crippen LogP contribution in [-0.2, 0) is 17.5 Å². The Morgan fingerprint density at radius 1 is 1.28 bits per heavy atom. The SMILES string of the molecule is Cc1cc(C(F)(F)F)n(CC2CC(Nc3nc(C)c4c(n3)N(C)CC(=O)N4)C2)n1. The molecule has 8 nitrogen and oxygen atoms in total. The summed E-state index contributed by atoms with van der Waals surface area (Å²) in [5.74, 6) is 1.10. The molecule has 2 aliphatic rings. The Bertz CT molecular complexity index is 950. The van der Waals surface area contributed by atoms with Crippen molar-refractivity contribution < 1.29 is 18.0 Å². The lowest BCUT2D eigenvalue weighted by molar-refractivity contribution is -0.144. The maximum absolute atomic E-state index is 13.1. The molecule has 1 aliphatic carbocycles. The minimum absolute atomic E-state index is 0.0898. The van der Waals surface area contributed by atoms with Gasteiger partial charge in [-0.2, -0.15) is 23.3 Å². The van der Waals surface area contributed by atoms with Crippen LogP contribution in [-0.4, -0.2) is 45.3 Å². The van der Waals surface area contributed by atoms with Gasteiger partial charge >= 0.3 is 6.18 Å². The number of anilines is 3. The van der Waals surface area contributed by atoms with E-state index in [2.05, 4.69) is 25.7 Å². The number of alkyl halides is 3. The van der Waals surface area contributed by atoms with Gasteiger partial charge in [-0.05, 0) is 38.7 Å². The fourth-order valence-electron chi connectivity index (χ4n) is 3.86. The summed E-state index contributed by atoms with van der Waals surface area (Å²) in [4.78, 5) is 22.3. The number of amides is 1. The van der Waals surface area contributed by atoms with Gasteiger partial charge in [0.2, 0.25) is 11.9 Å². The summed E-state index contributed by atoms with van der Waals surface area (Å²) in [7, 11) is 1.79. The van der Waals surface area contributed by atoms with Crippen molar-refractivity contribution >= 4 is 23.4 Å². The van der Waals surface area contributed by atoms with Crippen LogP contribution in [0.1, 0.15) is 29.9 Å². The summed E-state index contributed by atoms with van der Waals surface area (Å²) in [6, 6.07) is 1.17. The number of carbonyl (C=O) groups excluding carboxylic acids is 1. The third-order valence-corrected chi connectivity index (χ3v) is 5.27. The fraction of sp³-hybridized carbons (Fsp3) is 0.556. The largest absolute Gasteiger partial charge is 0.433 e. The predicted molar refractivity (Wildman–Crippen MR) is 101 cm³/mol. The molecule has 1 saturated carbocycles. The van der Waals surface area contributed by atoms with Gasteiger partial charge < -0.3 is 15.5 Å². The van der Waals surface area contributed by atoms with E-state index in [4.69, 9.17) is 0 Å². The van der Waals surface area contributed by atoms with Gasteiger partial charge in [0.1, 0.15) is 11.4 Å². The van der Waals surface area contributed by atoms with E-state index >= 15 is 0 Å². The maximum Gasteiger partial charge on any atom is 0.433 e. The summed E-state index contributed by atoms with van der Waals surface area (Å²) in [6.45, 7) is 3.82. The van der Waals surface area contributed by atoms with Gasteiger partial charge in [-0.25, -0.2) is 4.98 Å². The van der Waals surface area contributed by atoms with E-state index < -0.39 is 11.9 Å². The highest BCUT2D eigenvalue weighted by Gasteiger charge is 2.38. The molecule has 1 aliphatic heterocycles. The van der Waals surface area contributed by atoms with E-state index in [9.17, 15) is 18.0 Å². The molecule has 0 atom stereocenters. The van der Waals surface area contributed by atoms with Crippen LogP contribution in [0, 0.1) is 19.8 Å². The van der Waals surface area contributed by atoms with Crippen molar-refractivity contribution in [2.45, 2.75) is 45.5 Å². The van der Waals surface area contributed by atoms with E-state index in [1.165, 1.54) is 0 Å². The Labute approximate surface area is 165 Å². The normalized spacial score (nSPS) is 21.4. The third kappa shape index (κ3) is 3.85. The van der Waals surface area contributed by atoms with Crippen molar-refractivity contribution in [3.05, 3.63) is 23.1 Å². The number of nitrogens with one attached hydrogen (secondary N) is 2. The van der Waals surface area contributed by atoms with Crippen LogP contribution >= 0.6 is 0 Å². The summed E-state index contributed by atoms with van der Waals surface area (Å²) >= 11 is 0. The van der Waals surface area contributed by atoms with Crippen molar-refractivity contribution in [2.24, 2.45) is 5.92 Å². The average Bonchev–Trinajstić information content (AvgIpc) is 2.95. The zero-order chi connectivity index (χ0) is 20.9. The topological polar surface area (TPSA) is 88.0 Å².